The molecule has 2 aromatic carbocycles. The number of nitrogens with zero attached hydrogens (tertiary/aromatic N) is 3. The molecule has 1 fully saturated rings. The van der Waals surface area contributed by atoms with Crippen LogP contribution in [-0.4, -0.2) is 60.6 Å². The molecule has 1 aliphatic heterocycles. The maximum atomic E-state index is 6.13. The van der Waals surface area contributed by atoms with Crippen molar-refractivity contribution in [2.45, 2.75) is 51.8 Å². The molecule has 0 amide bonds. The second-order valence-corrected chi connectivity index (χ2v) is 9.62. The van der Waals surface area contributed by atoms with E-state index in [1.54, 1.807) is 13.3 Å². The summed E-state index contributed by atoms with van der Waals surface area (Å²) in [6.45, 7) is 8.80. The van der Waals surface area contributed by atoms with E-state index in [1.807, 2.05) is 38.4 Å². The molecule has 1 saturated heterocycles. The molecule has 0 radical (unpaired) electrons. The third-order valence-corrected chi connectivity index (χ3v) is 7.09. The maximum absolute atomic E-state index is 6.13. The van der Waals surface area contributed by atoms with E-state index in [2.05, 4.69) is 45.6 Å². The quantitative estimate of drug-likeness (QED) is 0.373. The summed E-state index contributed by atoms with van der Waals surface area (Å²) in [5.41, 5.74) is 2.18. The van der Waals surface area contributed by atoms with Gasteiger partial charge in [-0.05, 0) is 69.5 Å². The van der Waals surface area contributed by atoms with Crippen molar-refractivity contribution in [2.75, 3.05) is 40.5 Å². The van der Waals surface area contributed by atoms with E-state index in [0.29, 0.717) is 13.2 Å². The Morgan fingerprint density at radius 3 is 2.50 bits per heavy atom. The van der Waals surface area contributed by atoms with Crippen LogP contribution in [0.4, 0.5) is 0 Å². The van der Waals surface area contributed by atoms with Crippen molar-refractivity contribution in [3.05, 3.63) is 71.8 Å². The minimum Gasteiger partial charge on any atom is -0.493 e. The van der Waals surface area contributed by atoms with Gasteiger partial charge in [-0.25, -0.2) is 4.98 Å². The third kappa shape index (κ3) is 6.80. The number of rotatable bonds is 11. The fraction of sp³-hybridized carbons (Fsp3) is 0.483. The molecular formula is C29H39N3O4. The monoisotopic (exact) mass is 493 g/mol. The minimum atomic E-state index is -0.261. The molecule has 36 heavy (non-hydrogen) atoms. The van der Waals surface area contributed by atoms with Crippen LogP contribution in [0.25, 0.3) is 0 Å². The van der Waals surface area contributed by atoms with Crippen LogP contribution in [0.5, 0.6) is 17.2 Å². The van der Waals surface area contributed by atoms with Gasteiger partial charge in [-0.15, -0.1) is 0 Å². The third-order valence-electron chi connectivity index (χ3n) is 7.09. The zero-order valence-electron chi connectivity index (χ0n) is 22.0. The van der Waals surface area contributed by atoms with Gasteiger partial charge in [-0.3, -0.25) is 4.90 Å². The summed E-state index contributed by atoms with van der Waals surface area (Å²) in [7, 11) is 3.50. The van der Waals surface area contributed by atoms with Gasteiger partial charge in [-0.2, -0.15) is 0 Å². The van der Waals surface area contributed by atoms with Gasteiger partial charge in [-0.1, -0.05) is 23.8 Å². The van der Waals surface area contributed by atoms with Gasteiger partial charge >= 0.3 is 0 Å². The molecule has 3 aromatic rings. The van der Waals surface area contributed by atoms with E-state index in [-0.39, 0.29) is 5.60 Å². The van der Waals surface area contributed by atoms with Crippen molar-refractivity contribution in [2.24, 2.45) is 0 Å². The molecule has 0 spiro atoms. The zero-order chi connectivity index (χ0) is 25.4. The predicted molar refractivity (Wildman–Crippen MR) is 141 cm³/mol. The highest BCUT2D eigenvalue weighted by Gasteiger charge is 2.33. The van der Waals surface area contributed by atoms with Crippen molar-refractivity contribution in [1.82, 2.24) is 14.5 Å². The van der Waals surface area contributed by atoms with Crippen molar-refractivity contribution >= 4 is 0 Å². The normalized spacial score (nSPS) is 18.6. The Bertz CT molecular complexity index is 1100. The molecule has 2 heterocycles. The Kier molecular flexibility index (Phi) is 8.88. The summed E-state index contributed by atoms with van der Waals surface area (Å²) in [4.78, 5) is 6.74. The first-order valence-electron chi connectivity index (χ1n) is 12.7. The van der Waals surface area contributed by atoms with Gasteiger partial charge < -0.3 is 23.5 Å². The number of ether oxygens (including phenoxy) is 4. The molecule has 1 atom stereocenters. The lowest BCUT2D eigenvalue weighted by Crippen LogP contribution is -2.39. The molecule has 0 aliphatic carbocycles. The molecule has 4 rings (SSSR count). The number of aromatic nitrogens is 2. The van der Waals surface area contributed by atoms with E-state index in [0.717, 1.165) is 68.5 Å². The standard InChI is InChI=1S/C29H39N3O4/c1-23-6-9-26(10-7-23)36-22-29(34-4)12-5-15-31(16-13-29)21-25-8-11-27(28(20-25)33-3)35-19-18-32-17-14-30-24(32)2/h6-11,14,17,20H,5,12-13,15-16,18-19,21-22H2,1-4H3. The number of imidazole rings is 1. The highest BCUT2D eigenvalue weighted by atomic mass is 16.5. The predicted octanol–water partition coefficient (Wildman–Crippen LogP) is 5.04. The fourth-order valence-electron chi connectivity index (χ4n) is 4.72. The second-order valence-electron chi connectivity index (χ2n) is 9.62. The largest absolute Gasteiger partial charge is 0.493 e. The average Bonchev–Trinajstić information content (AvgIpc) is 3.19. The van der Waals surface area contributed by atoms with Gasteiger partial charge in [0.1, 0.15) is 30.4 Å². The van der Waals surface area contributed by atoms with Crippen LogP contribution in [0.15, 0.2) is 54.9 Å². The highest BCUT2D eigenvalue weighted by molar-refractivity contribution is 5.43. The second kappa shape index (κ2) is 12.3. The lowest BCUT2D eigenvalue weighted by molar-refractivity contribution is -0.0541. The van der Waals surface area contributed by atoms with Gasteiger partial charge in [0.2, 0.25) is 0 Å². The SMILES string of the molecule is COc1cc(CN2CCCC(COc3ccc(C)cc3)(OC)CC2)ccc1OCCn1ccnc1C. The van der Waals surface area contributed by atoms with Crippen molar-refractivity contribution < 1.29 is 18.9 Å². The highest BCUT2D eigenvalue weighted by Crippen LogP contribution is 2.31. The van der Waals surface area contributed by atoms with Crippen LogP contribution >= 0.6 is 0 Å². The summed E-state index contributed by atoms with van der Waals surface area (Å²) < 4.78 is 25.9. The van der Waals surface area contributed by atoms with E-state index >= 15 is 0 Å². The Hall–Kier alpha value is -3.03. The molecule has 194 valence electrons. The minimum absolute atomic E-state index is 0.261. The van der Waals surface area contributed by atoms with Crippen LogP contribution < -0.4 is 14.2 Å². The summed E-state index contributed by atoms with van der Waals surface area (Å²) in [6.07, 6.45) is 6.76. The summed E-state index contributed by atoms with van der Waals surface area (Å²) >= 11 is 0. The molecule has 7 heteroatoms. The van der Waals surface area contributed by atoms with E-state index in [4.69, 9.17) is 18.9 Å². The Morgan fingerprint density at radius 2 is 1.78 bits per heavy atom. The molecule has 0 saturated carbocycles. The number of benzene rings is 2. The lowest BCUT2D eigenvalue weighted by atomic mass is 9.95. The van der Waals surface area contributed by atoms with Crippen LogP contribution in [-0.2, 0) is 17.8 Å². The first-order valence-corrected chi connectivity index (χ1v) is 12.7. The van der Waals surface area contributed by atoms with Crippen molar-refractivity contribution in [3.8, 4) is 17.2 Å². The number of likely N-dealkylation sites (tertiary alicyclic amines) is 1. The first kappa shape index (κ1) is 26.0. The first-order chi connectivity index (χ1) is 17.5. The Labute approximate surface area is 215 Å². The smallest absolute Gasteiger partial charge is 0.161 e. The topological polar surface area (TPSA) is 58.0 Å². The summed E-state index contributed by atoms with van der Waals surface area (Å²) in [5.74, 6) is 3.41. The number of hydrogen-bond donors (Lipinski definition) is 0. The number of aryl methyl sites for hydroxylation is 2. The maximum Gasteiger partial charge on any atom is 0.161 e. The molecule has 1 aliphatic rings. The number of hydrogen-bond acceptors (Lipinski definition) is 6. The fourth-order valence-corrected chi connectivity index (χ4v) is 4.72. The Morgan fingerprint density at radius 1 is 0.944 bits per heavy atom. The molecule has 0 N–H and O–H groups in total. The van der Waals surface area contributed by atoms with Crippen LogP contribution in [0, 0.1) is 13.8 Å². The molecular weight excluding hydrogens is 454 g/mol. The van der Waals surface area contributed by atoms with Crippen LogP contribution in [0.2, 0.25) is 0 Å². The molecule has 1 unspecified atom stereocenters. The van der Waals surface area contributed by atoms with Gasteiger partial charge in [0, 0.05) is 32.6 Å². The zero-order valence-corrected chi connectivity index (χ0v) is 22.0. The van der Waals surface area contributed by atoms with E-state index in [1.165, 1.54) is 11.1 Å². The van der Waals surface area contributed by atoms with Gasteiger partial charge in [0.05, 0.1) is 13.7 Å². The van der Waals surface area contributed by atoms with Crippen molar-refractivity contribution in [3.63, 3.8) is 0 Å². The summed E-state index contributed by atoms with van der Waals surface area (Å²) in [5, 5.41) is 0. The van der Waals surface area contributed by atoms with Gasteiger partial charge in [0.25, 0.3) is 0 Å². The van der Waals surface area contributed by atoms with E-state index in [9.17, 15) is 0 Å². The lowest BCUT2D eigenvalue weighted by Gasteiger charge is -2.31. The average molecular weight is 494 g/mol. The van der Waals surface area contributed by atoms with Crippen LogP contribution in [0.3, 0.4) is 0 Å². The summed E-state index contributed by atoms with van der Waals surface area (Å²) in [6, 6.07) is 14.5. The number of methoxy groups -OCH3 is 2. The molecule has 0 bridgehead atoms. The van der Waals surface area contributed by atoms with E-state index < -0.39 is 0 Å². The van der Waals surface area contributed by atoms with Crippen molar-refractivity contribution in [1.29, 1.82) is 0 Å². The van der Waals surface area contributed by atoms with Gasteiger partial charge in [0.15, 0.2) is 11.5 Å². The van der Waals surface area contributed by atoms with Crippen LogP contribution in [0.1, 0.15) is 36.2 Å². The molecule has 7 nitrogen and oxygen atoms in total. The molecule has 1 aromatic heterocycles. The Balaban J connectivity index is 1.31.